The fourth-order valence-electron chi connectivity index (χ4n) is 3.14. The predicted molar refractivity (Wildman–Crippen MR) is 92.6 cm³/mol. The molecule has 0 saturated heterocycles. The standard InChI is InChI=1S/C20H25NO2/c1-20(2)11-18-10-15(8-9-19(18)23-20)12-21-13-16-6-4-5-7-17(16)14-22-3/h4-10,21H,11-14H2,1-3H3. The van der Waals surface area contributed by atoms with Crippen molar-refractivity contribution in [2.75, 3.05) is 7.11 Å². The zero-order valence-corrected chi connectivity index (χ0v) is 14.2. The maximum atomic E-state index is 5.93. The highest BCUT2D eigenvalue weighted by molar-refractivity contribution is 5.41. The molecule has 122 valence electrons. The van der Waals surface area contributed by atoms with E-state index in [9.17, 15) is 0 Å². The molecule has 0 amide bonds. The van der Waals surface area contributed by atoms with Crippen molar-refractivity contribution in [2.24, 2.45) is 0 Å². The van der Waals surface area contributed by atoms with Crippen LogP contribution in [0, 0.1) is 0 Å². The fourth-order valence-corrected chi connectivity index (χ4v) is 3.14. The molecule has 3 heteroatoms. The lowest BCUT2D eigenvalue weighted by Gasteiger charge is -2.16. The van der Waals surface area contributed by atoms with Crippen molar-refractivity contribution in [2.45, 2.75) is 45.6 Å². The second-order valence-corrected chi connectivity index (χ2v) is 6.79. The van der Waals surface area contributed by atoms with Crippen LogP contribution in [0.1, 0.15) is 36.1 Å². The molecular formula is C20H25NO2. The first-order valence-corrected chi connectivity index (χ1v) is 8.15. The smallest absolute Gasteiger partial charge is 0.123 e. The van der Waals surface area contributed by atoms with Gasteiger partial charge >= 0.3 is 0 Å². The minimum atomic E-state index is -0.0759. The summed E-state index contributed by atoms with van der Waals surface area (Å²) in [5.74, 6) is 1.03. The summed E-state index contributed by atoms with van der Waals surface area (Å²) >= 11 is 0. The van der Waals surface area contributed by atoms with Gasteiger partial charge in [-0.2, -0.15) is 0 Å². The van der Waals surface area contributed by atoms with Crippen LogP contribution in [0.15, 0.2) is 42.5 Å². The topological polar surface area (TPSA) is 30.5 Å². The number of hydrogen-bond acceptors (Lipinski definition) is 3. The highest BCUT2D eigenvalue weighted by Gasteiger charge is 2.29. The quantitative estimate of drug-likeness (QED) is 0.879. The summed E-state index contributed by atoms with van der Waals surface area (Å²) in [6, 6.07) is 14.9. The molecule has 0 spiro atoms. The minimum Gasteiger partial charge on any atom is -0.487 e. The Morgan fingerprint density at radius 1 is 1.09 bits per heavy atom. The third-order valence-electron chi connectivity index (χ3n) is 4.19. The van der Waals surface area contributed by atoms with Gasteiger partial charge in [-0.05, 0) is 42.2 Å². The number of hydrogen-bond donors (Lipinski definition) is 1. The summed E-state index contributed by atoms with van der Waals surface area (Å²) < 4.78 is 11.2. The molecule has 0 saturated carbocycles. The van der Waals surface area contributed by atoms with Gasteiger partial charge in [0.15, 0.2) is 0 Å². The van der Waals surface area contributed by atoms with E-state index >= 15 is 0 Å². The molecular weight excluding hydrogens is 286 g/mol. The van der Waals surface area contributed by atoms with E-state index in [2.05, 4.69) is 61.6 Å². The maximum absolute atomic E-state index is 5.93. The van der Waals surface area contributed by atoms with Gasteiger partial charge in [-0.25, -0.2) is 0 Å². The summed E-state index contributed by atoms with van der Waals surface area (Å²) in [6.07, 6.45) is 0.979. The van der Waals surface area contributed by atoms with Crippen molar-refractivity contribution < 1.29 is 9.47 Å². The molecule has 0 aliphatic carbocycles. The molecule has 2 aromatic rings. The number of ether oxygens (including phenoxy) is 2. The monoisotopic (exact) mass is 311 g/mol. The summed E-state index contributed by atoms with van der Waals surface area (Å²) in [5, 5.41) is 3.53. The van der Waals surface area contributed by atoms with Crippen LogP contribution in [0.2, 0.25) is 0 Å². The summed E-state index contributed by atoms with van der Waals surface area (Å²) in [7, 11) is 1.73. The molecule has 0 aromatic heterocycles. The Morgan fingerprint density at radius 3 is 2.65 bits per heavy atom. The minimum absolute atomic E-state index is 0.0759. The lowest BCUT2D eigenvalue weighted by molar-refractivity contribution is 0.138. The molecule has 0 atom stereocenters. The van der Waals surface area contributed by atoms with Crippen LogP contribution in [0.3, 0.4) is 0 Å². The van der Waals surface area contributed by atoms with Crippen LogP contribution in [0.4, 0.5) is 0 Å². The highest BCUT2D eigenvalue weighted by atomic mass is 16.5. The molecule has 1 N–H and O–H groups in total. The van der Waals surface area contributed by atoms with E-state index in [-0.39, 0.29) is 5.60 Å². The summed E-state index contributed by atoms with van der Waals surface area (Å²) in [6.45, 7) is 6.63. The van der Waals surface area contributed by atoms with Crippen molar-refractivity contribution in [1.29, 1.82) is 0 Å². The number of nitrogens with one attached hydrogen (secondary N) is 1. The number of rotatable bonds is 6. The van der Waals surface area contributed by atoms with Gasteiger partial charge in [-0.1, -0.05) is 36.4 Å². The van der Waals surface area contributed by atoms with Gasteiger partial charge in [-0.3, -0.25) is 0 Å². The first-order chi connectivity index (χ1) is 11.1. The van der Waals surface area contributed by atoms with Crippen LogP contribution in [-0.2, 0) is 30.9 Å². The summed E-state index contributed by atoms with van der Waals surface area (Å²) in [4.78, 5) is 0. The maximum Gasteiger partial charge on any atom is 0.123 e. The third-order valence-corrected chi connectivity index (χ3v) is 4.19. The average Bonchev–Trinajstić information content (AvgIpc) is 2.82. The van der Waals surface area contributed by atoms with Crippen molar-refractivity contribution in [3.05, 3.63) is 64.7 Å². The van der Waals surface area contributed by atoms with Gasteiger partial charge in [-0.15, -0.1) is 0 Å². The molecule has 1 aliphatic rings. The van der Waals surface area contributed by atoms with Gasteiger partial charge in [0.05, 0.1) is 6.61 Å². The van der Waals surface area contributed by atoms with E-state index in [1.165, 1.54) is 22.3 Å². The second-order valence-electron chi connectivity index (χ2n) is 6.79. The Balaban J connectivity index is 1.60. The van der Waals surface area contributed by atoms with Crippen molar-refractivity contribution in [3.8, 4) is 5.75 Å². The first-order valence-electron chi connectivity index (χ1n) is 8.15. The molecule has 0 unspecified atom stereocenters. The average molecular weight is 311 g/mol. The Bertz CT molecular complexity index is 679. The fraction of sp³-hybridized carbons (Fsp3) is 0.400. The van der Waals surface area contributed by atoms with Crippen LogP contribution in [0.25, 0.3) is 0 Å². The van der Waals surface area contributed by atoms with E-state index in [0.29, 0.717) is 6.61 Å². The van der Waals surface area contributed by atoms with Gasteiger partial charge in [0.2, 0.25) is 0 Å². The van der Waals surface area contributed by atoms with E-state index < -0.39 is 0 Å². The Hall–Kier alpha value is -1.84. The van der Waals surface area contributed by atoms with Crippen LogP contribution in [0.5, 0.6) is 5.75 Å². The molecule has 0 bridgehead atoms. The molecule has 1 heterocycles. The van der Waals surface area contributed by atoms with Crippen LogP contribution < -0.4 is 10.1 Å². The Kier molecular flexibility index (Phi) is 4.69. The molecule has 3 nitrogen and oxygen atoms in total. The van der Waals surface area contributed by atoms with Gasteiger partial charge in [0.1, 0.15) is 11.4 Å². The zero-order chi connectivity index (χ0) is 16.3. The largest absolute Gasteiger partial charge is 0.487 e. The van der Waals surface area contributed by atoms with Crippen molar-refractivity contribution in [3.63, 3.8) is 0 Å². The van der Waals surface area contributed by atoms with Crippen LogP contribution in [-0.4, -0.2) is 12.7 Å². The van der Waals surface area contributed by atoms with Gasteiger partial charge < -0.3 is 14.8 Å². The van der Waals surface area contributed by atoms with Crippen LogP contribution >= 0.6 is 0 Å². The lowest BCUT2D eigenvalue weighted by atomic mass is 10.0. The molecule has 2 aromatic carbocycles. The normalized spacial score (nSPS) is 15.3. The third kappa shape index (κ3) is 3.92. The molecule has 23 heavy (non-hydrogen) atoms. The molecule has 1 aliphatic heterocycles. The molecule has 0 fully saturated rings. The van der Waals surface area contributed by atoms with E-state index in [0.717, 1.165) is 25.3 Å². The zero-order valence-electron chi connectivity index (χ0n) is 14.2. The number of fused-ring (bicyclic) bond motifs is 1. The van der Waals surface area contributed by atoms with Crippen molar-refractivity contribution in [1.82, 2.24) is 5.32 Å². The Morgan fingerprint density at radius 2 is 1.87 bits per heavy atom. The molecule has 0 radical (unpaired) electrons. The lowest BCUT2D eigenvalue weighted by Crippen LogP contribution is -2.24. The van der Waals surface area contributed by atoms with Crippen molar-refractivity contribution >= 4 is 0 Å². The van der Waals surface area contributed by atoms with E-state index in [1.807, 2.05) is 0 Å². The SMILES string of the molecule is COCc1ccccc1CNCc1ccc2c(c1)CC(C)(C)O2. The number of methoxy groups -OCH3 is 1. The van der Waals surface area contributed by atoms with Gasteiger partial charge in [0.25, 0.3) is 0 Å². The van der Waals surface area contributed by atoms with Gasteiger partial charge in [0, 0.05) is 26.6 Å². The van der Waals surface area contributed by atoms with E-state index in [4.69, 9.17) is 9.47 Å². The highest BCUT2D eigenvalue weighted by Crippen LogP contribution is 2.35. The second kappa shape index (κ2) is 6.73. The summed E-state index contributed by atoms with van der Waals surface area (Å²) in [5.41, 5.74) is 5.07. The number of benzene rings is 2. The molecule has 3 rings (SSSR count). The van der Waals surface area contributed by atoms with E-state index in [1.54, 1.807) is 7.11 Å². The Labute approximate surface area is 138 Å². The first kappa shape index (κ1) is 16.0. The predicted octanol–water partition coefficient (Wildman–Crippen LogP) is 3.84.